The van der Waals surface area contributed by atoms with Gasteiger partial charge in [-0.3, -0.25) is 19.5 Å². The summed E-state index contributed by atoms with van der Waals surface area (Å²) in [7, 11) is 0. The Hall–Kier alpha value is -3.29. The number of Topliss-reactive ketones (excluding diaryl/α,β-unsaturated/α-hetero) is 1. The molecule has 5 rings (SSSR count). The minimum Gasteiger partial charge on any atom is -0.506 e. The van der Waals surface area contributed by atoms with E-state index in [1.165, 1.54) is 11.8 Å². The van der Waals surface area contributed by atoms with Crippen LogP contribution >= 0.6 is 11.6 Å². The van der Waals surface area contributed by atoms with Crippen molar-refractivity contribution in [2.75, 3.05) is 32.7 Å². The van der Waals surface area contributed by atoms with Crippen LogP contribution < -0.4 is 0 Å². The Labute approximate surface area is 252 Å². The standard InChI is InChI=1S/C34H39ClFN3O3/c35-30-20-24(8-13-33(30)41)4-3-7-32(40)28-14-17-38(22-28)23-34(42)39-18-15-26(16-19-39)25-9-11-27(12-10-25)31-6-2-1-5-29(36)21-37-31/h5-6,8-13,20-21,26,28,41H,1-4,7,14-19,22-23H2/b29-5?,31-6+,37-21?. The Balaban J connectivity index is 1.03. The maximum Gasteiger partial charge on any atom is 0.236 e. The number of likely N-dealkylation sites (tertiary alicyclic amines) is 2. The van der Waals surface area contributed by atoms with E-state index in [0.29, 0.717) is 36.9 Å². The Morgan fingerprint density at radius 1 is 1.00 bits per heavy atom. The van der Waals surface area contributed by atoms with Crippen LogP contribution in [0, 0.1) is 5.92 Å². The van der Waals surface area contributed by atoms with Crippen molar-refractivity contribution in [3.8, 4) is 5.75 Å². The molecule has 0 aliphatic carbocycles. The van der Waals surface area contributed by atoms with E-state index in [1.807, 2.05) is 17.0 Å². The summed E-state index contributed by atoms with van der Waals surface area (Å²) in [6.07, 6.45) is 11.0. The van der Waals surface area contributed by atoms with E-state index in [0.717, 1.165) is 75.0 Å². The zero-order chi connectivity index (χ0) is 29.5. The van der Waals surface area contributed by atoms with E-state index in [1.54, 1.807) is 18.2 Å². The fourth-order valence-electron chi connectivity index (χ4n) is 6.17. The molecule has 8 heteroatoms. The first kappa shape index (κ1) is 30.2. The molecule has 2 fully saturated rings. The quantitative estimate of drug-likeness (QED) is 0.351. The Morgan fingerprint density at radius 2 is 1.76 bits per heavy atom. The first-order chi connectivity index (χ1) is 20.4. The lowest BCUT2D eigenvalue weighted by Gasteiger charge is -2.33. The number of allylic oxidation sites excluding steroid dienone is 3. The molecule has 0 saturated carbocycles. The summed E-state index contributed by atoms with van der Waals surface area (Å²) in [6.45, 7) is 3.29. The van der Waals surface area contributed by atoms with Gasteiger partial charge in [0.25, 0.3) is 0 Å². The van der Waals surface area contributed by atoms with Gasteiger partial charge in [-0.25, -0.2) is 4.39 Å². The average molecular weight is 592 g/mol. The first-order valence-corrected chi connectivity index (χ1v) is 15.4. The SMILES string of the molecule is O=C(CCCc1ccc(O)c(Cl)c1)C1CCN(CC(=O)N2CCC(c3ccc(/C4=C\CCC=C(F)C=N4)cc3)CC2)C1. The first-order valence-electron chi connectivity index (χ1n) is 15.1. The highest BCUT2D eigenvalue weighted by atomic mass is 35.5. The molecule has 2 aromatic carbocycles. The van der Waals surface area contributed by atoms with E-state index in [9.17, 15) is 19.1 Å². The van der Waals surface area contributed by atoms with E-state index in [4.69, 9.17) is 11.6 Å². The van der Waals surface area contributed by atoms with E-state index in [-0.39, 0.29) is 29.2 Å². The average Bonchev–Trinajstić information content (AvgIpc) is 3.46. The van der Waals surface area contributed by atoms with Crippen molar-refractivity contribution in [3.63, 3.8) is 0 Å². The van der Waals surface area contributed by atoms with Crippen molar-refractivity contribution in [1.82, 2.24) is 9.80 Å². The summed E-state index contributed by atoms with van der Waals surface area (Å²) < 4.78 is 13.6. The zero-order valence-corrected chi connectivity index (χ0v) is 24.7. The fourth-order valence-corrected chi connectivity index (χ4v) is 6.37. The number of aryl methyl sites for hydroxylation is 1. The number of phenolic OH excluding ortho intramolecular Hbond substituents is 1. The maximum absolute atomic E-state index is 13.6. The molecular weight excluding hydrogens is 553 g/mol. The van der Waals surface area contributed by atoms with Crippen LogP contribution in [0.1, 0.15) is 67.6 Å². The fraction of sp³-hybridized carbons (Fsp3) is 0.441. The number of nitrogens with zero attached hydrogens (tertiary/aromatic N) is 3. The molecule has 1 amide bonds. The number of aliphatic imine (C=N–C) groups is 1. The van der Waals surface area contributed by atoms with Crippen LogP contribution in [-0.4, -0.2) is 65.5 Å². The highest BCUT2D eigenvalue weighted by molar-refractivity contribution is 6.32. The van der Waals surface area contributed by atoms with E-state index >= 15 is 0 Å². The van der Waals surface area contributed by atoms with E-state index < -0.39 is 0 Å². The highest BCUT2D eigenvalue weighted by Crippen LogP contribution is 2.30. The van der Waals surface area contributed by atoms with Crippen molar-refractivity contribution in [2.45, 2.75) is 57.3 Å². The molecule has 1 atom stereocenters. The highest BCUT2D eigenvalue weighted by Gasteiger charge is 2.31. The van der Waals surface area contributed by atoms with Crippen molar-refractivity contribution in [2.24, 2.45) is 10.9 Å². The summed E-state index contributed by atoms with van der Waals surface area (Å²) in [5.41, 5.74) is 4.07. The molecule has 0 spiro atoms. The summed E-state index contributed by atoms with van der Waals surface area (Å²) in [5.74, 6) is 0.597. The summed E-state index contributed by atoms with van der Waals surface area (Å²) in [5, 5.41) is 9.90. The molecule has 0 bridgehead atoms. The molecule has 6 nitrogen and oxygen atoms in total. The lowest BCUT2D eigenvalue weighted by atomic mass is 9.88. The Morgan fingerprint density at radius 3 is 2.52 bits per heavy atom. The number of hydrogen-bond donors (Lipinski definition) is 1. The number of benzene rings is 2. The lowest BCUT2D eigenvalue weighted by molar-refractivity contribution is -0.133. The minimum atomic E-state index is -0.291. The van der Waals surface area contributed by atoms with Crippen LogP contribution in [0.3, 0.4) is 0 Å². The number of ketones is 1. The number of rotatable bonds is 9. The Bertz CT molecular complexity index is 1360. The molecule has 3 aliphatic heterocycles. The van der Waals surface area contributed by atoms with Gasteiger partial charge in [-0.1, -0.05) is 48.0 Å². The molecule has 0 radical (unpaired) electrons. The Kier molecular flexibility index (Phi) is 10.2. The number of hydrogen-bond acceptors (Lipinski definition) is 5. The van der Waals surface area contributed by atoms with Gasteiger partial charge in [-0.05, 0) is 92.3 Å². The number of halogens is 2. The molecule has 2 saturated heterocycles. The zero-order valence-electron chi connectivity index (χ0n) is 24.0. The molecule has 222 valence electrons. The number of amides is 1. The largest absolute Gasteiger partial charge is 0.506 e. The van der Waals surface area contributed by atoms with Gasteiger partial charge in [0.2, 0.25) is 5.91 Å². The molecule has 42 heavy (non-hydrogen) atoms. The molecule has 0 aromatic heterocycles. The van der Waals surface area contributed by atoms with Crippen LogP contribution in [0.5, 0.6) is 5.75 Å². The van der Waals surface area contributed by atoms with Gasteiger partial charge < -0.3 is 10.0 Å². The van der Waals surface area contributed by atoms with Crippen LogP contribution in [-0.2, 0) is 16.0 Å². The van der Waals surface area contributed by atoms with Gasteiger partial charge in [0, 0.05) is 32.0 Å². The summed E-state index contributed by atoms with van der Waals surface area (Å²) in [6, 6.07) is 13.6. The second kappa shape index (κ2) is 14.3. The van der Waals surface area contributed by atoms with Gasteiger partial charge in [0.1, 0.15) is 17.4 Å². The third-order valence-corrected chi connectivity index (χ3v) is 8.99. The number of carbonyl (C=O) groups excluding carboxylic acids is 2. The summed E-state index contributed by atoms with van der Waals surface area (Å²) in [4.78, 5) is 34.3. The van der Waals surface area contributed by atoms with Gasteiger partial charge >= 0.3 is 0 Å². The normalized spacial score (nSPS) is 21.4. The van der Waals surface area contributed by atoms with Gasteiger partial charge in [0.15, 0.2) is 0 Å². The van der Waals surface area contributed by atoms with Gasteiger partial charge in [0.05, 0.1) is 23.5 Å². The number of piperidine rings is 1. The van der Waals surface area contributed by atoms with Crippen LogP contribution in [0.25, 0.3) is 5.70 Å². The third kappa shape index (κ3) is 7.96. The monoisotopic (exact) mass is 591 g/mol. The molecule has 1 N–H and O–H groups in total. The topological polar surface area (TPSA) is 73.2 Å². The van der Waals surface area contributed by atoms with Gasteiger partial charge in [-0.15, -0.1) is 0 Å². The molecule has 3 heterocycles. The molecule has 2 aromatic rings. The number of aromatic hydroxyl groups is 1. The van der Waals surface area contributed by atoms with Crippen molar-refractivity contribution in [3.05, 3.63) is 82.2 Å². The molecular formula is C34H39ClFN3O3. The lowest BCUT2D eigenvalue weighted by Crippen LogP contribution is -2.43. The van der Waals surface area contributed by atoms with Gasteiger partial charge in [-0.2, -0.15) is 0 Å². The van der Waals surface area contributed by atoms with Crippen molar-refractivity contribution in [1.29, 1.82) is 0 Å². The second-order valence-electron chi connectivity index (χ2n) is 11.6. The minimum absolute atomic E-state index is 0.00529. The van der Waals surface area contributed by atoms with E-state index in [2.05, 4.69) is 34.2 Å². The van der Waals surface area contributed by atoms with Crippen LogP contribution in [0.2, 0.25) is 5.02 Å². The predicted octanol–water partition coefficient (Wildman–Crippen LogP) is 6.72. The maximum atomic E-state index is 13.6. The van der Waals surface area contributed by atoms with Crippen molar-refractivity contribution < 1.29 is 19.1 Å². The van der Waals surface area contributed by atoms with Crippen molar-refractivity contribution >= 4 is 35.2 Å². The molecule has 3 aliphatic rings. The van der Waals surface area contributed by atoms with Crippen LogP contribution in [0.4, 0.5) is 4.39 Å². The third-order valence-electron chi connectivity index (χ3n) is 8.68. The number of phenols is 1. The predicted molar refractivity (Wildman–Crippen MR) is 165 cm³/mol. The van der Waals surface area contributed by atoms with Crippen LogP contribution in [0.15, 0.2) is 65.4 Å². The summed E-state index contributed by atoms with van der Waals surface area (Å²) >= 11 is 5.98. The smallest absolute Gasteiger partial charge is 0.236 e. The second-order valence-corrected chi connectivity index (χ2v) is 12.0. The number of carbonyl (C=O) groups is 2. The molecule has 1 unspecified atom stereocenters.